The van der Waals surface area contributed by atoms with Crippen LogP contribution in [0.4, 0.5) is 5.69 Å². The Kier molecular flexibility index (Phi) is 7.48. The van der Waals surface area contributed by atoms with Crippen LogP contribution in [0.1, 0.15) is 66.0 Å². The van der Waals surface area contributed by atoms with E-state index in [4.69, 9.17) is 22.1 Å². The molecule has 6 heteroatoms. The molecule has 0 saturated carbocycles. The highest BCUT2D eigenvalue weighted by atomic mass is 35.5. The minimum absolute atomic E-state index is 0.0445. The van der Waals surface area contributed by atoms with Gasteiger partial charge in [-0.15, -0.1) is 0 Å². The van der Waals surface area contributed by atoms with E-state index in [2.05, 4.69) is 32.0 Å². The maximum Gasteiger partial charge on any atom is 0.162 e. The van der Waals surface area contributed by atoms with Crippen LogP contribution in [-0.2, 0) is 11.4 Å². The van der Waals surface area contributed by atoms with E-state index in [9.17, 15) is 10.1 Å². The van der Waals surface area contributed by atoms with Gasteiger partial charge in [-0.1, -0.05) is 66.9 Å². The largest absolute Gasteiger partial charge is 0.489 e. The lowest BCUT2D eigenvalue weighted by molar-refractivity contribution is -0.118. The van der Waals surface area contributed by atoms with Crippen molar-refractivity contribution in [1.29, 1.82) is 5.26 Å². The van der Waals surface area contributed by atoms with Crippen molar-refractivity contribution in [2.45, 2.75) is 66.9 Å². The average Bonchev–Trinajstić information content (AvgIpc) is 2.90. The molecular formula is C35H36ClN3O2. The summed E-state index contributed by atoms with van der Waals surface area (Å²) in [7, 11) is 0. The topological polar surface area (TPSA) is 79.3 Å². The van der Waals surface area contributed by atoms with Crippen molar-refractivity contribution in [2.24, 2.45) is 11.1 Å². The maximum atomic E-state index is 14.0. The molecule has 0 bridgehead atoms. The normalized spacial score (nSPS) is 18.3. The van der Waals surface area contributed by atoms with E-state index in [1.165, 1.54) is 5.56 Å². The Morgan fingerprint density at radius 3 is 2.39 bits per heavy atom. The van der Waals surface area contributed by atoms with Gasteiger partial charge in [0.25, 0.3) is 0 Å². The highest BCUT2D eigenvalue weighted by Crippen LogP contribution is 2.51. The molecular weight excluding hydrogens is 530 g/mol. The van der Waals surface area contributed by atoms with Crippen molar-refractivity contribution in [2.75, 3.05) is 4.90 Å². The fraction of sp³-hybridized carbons (Fsp3) is 0.314. The highest BCUT2D eigenvalue weighted by Gasteiger charge is 2.45. The van der Waals surface area contributed by atoms with Crippen molar-refractivity contribution in [1.82, 2.24) is 0 Å². The number of allylic oxidation sites excluding steroid dienone is 3. The third-order valence-electron chi connectivity index (χ3n) is 8.22. The summed E-state index contributed by atoms with van der Waals surface area (Å²) in [5.74, 6) is 0.608. The molecule has 5 nitrogen and oxygen atoms in total. The fourth-order valence-corrected chi connectivity index (χ4v) is 6.22. The Labute approximate surface area is 247 Å². The van der Waals surface area contributed by atoms with Gasteiger partial charge in [0.15, 0.2) is 5.78 Å². The summed E-state index contributed by atoms with van der Waals surface area (Å²) in [6.07, 6.45) is 1.04. The number of Topliss-reactive ketones (excluding diaryl/α,β-unsaturated/α-hetero) is 1. The van der Waals surface area contributed by atoms with Crippen LogP contribution in [0.25, 0.3) is 0 Å². The molecule has 3 aromatic carbocycles. The van der Waals surface area contributed by atoms with Crippen LogP contribution in [0.15, 0.2) is 77.3 Å². The second kappa shape index (κ2) is 10.8. The summed E-state index contributed by atoms with van der Waals surface area (Å²) in [4.78, 5) is 15.9. The molecule has 1 unspecified atom stereocenters. The van der Waals surface area contributed by atoms with E-state index in [0.29, 0.717) is 41.4 Å². The van der Waals surface area contributed by atoms with Crippen LogP contribution in [0.2, 0.25) is 5.02 Å². The number of ketones is 1. The van der Waals surface area contributed by atoms with E-state index < -0.39 is 5.92 Å². The van der Waals surface area contributed by atoms with E-state index in [0.717, 1.165) is 45.0 Å². The van der Waals surface area contributed by atoms with Gasteiger partial charge in [0.1, 0.15) is 18.2 Å². The molecule has 2 aliphatic rings. The van der Waals surface area contributed by atoms with Crippen molar-refractivity contribution >= 4 is 23.1 Å². The molecule has 0 aromatic heterocycles. The first kappa shape index (κ1) is 28.5. The summed E-state index contributed by atoms with van der Waals surface area (Å²) in [5.41, 5.74) is 15.3. The van der Waals surface area contributed by atoms with Gasteiger partial charge in [0, 0.05) is 28.4 Å². The number of halogens is 1. The lowest BCUT2D eigenvalue weighted by Crippen LogP contribution is -2.42. The monoisotopic (exact) mass is 565 g/mol. The lowest BCUT2D eigenvalue weighted by Gasteiger charge is -2.44. The van der Waals surface area contributed by atoms with Gasteiger partial charge in [-0.3, -0.25) is 9.69 Å². The lowest BCUT2D eigenvalue weighted by atomic mass is 9.68. The number of carbonyl (C=O) groups excluding carboxylic acids is 1. The number of hydrogen-bond donors (Lipinski definition) is 1. The molecule has 3 aromatic rings. The van der Waals surface area contributed by atoms with Crippen molar-refractivity contribution < 1.29 is 9.53 Å². The molecule has 1 atom stereocenters. The first-order valence-corrected chi connectivity index (χ1v) is 14.3. The van der Waals surface area contributed by atoms with Crippen LogP contribution in [0, 0.1) is 44.4 Å². The minimum Gasteiger partial charge on any atom is -0.489 e. The van der Waals surface area contributed by atoms with Crippen molar-refractivity contribution in [3.63, 3.8) is 0 Å². The zero-order valence-electron chi connectivity index (χ0n) is 24.6. The number of ether oxygens (including phenoxy) is 1. The molecule has 0 saturated heterocycles. The van der Waals surface area contributed by atoms with Crippen LogP contribution < -0.4 is 15.4 Å². The molecule has 2 N–H and O–H groups in total. The van der Waals surface area contributed by atoms with Crippen LogP contribution in [0.3, 0.4) is 0 Å². The highest BCUT2D eigenvalue weighted by molar-refractivity contribution is 6.31. The first-order chi connectivity index (χ1) is 19.4. The molecule has 0 spiro atoms. The van der Waals surface area contributed by atoms with Gasteiger partial charge in [-0.05, 0) is 86.1 Å². The summed E-state index contributed by atoms with van der Waals surface area (Å²) < 4.78 is 6.15. The molecule has 1 aliphatic carbocycles. The van der Waals surface area contributed by atoms with Crippen LogP contribution >= 0.6 is 11.6 Å². The van der Waals surface area contributed by atoms with Gasteiger partial charge in [-0.25, -0.2) is 0 Å². The van der Waals surface area contributed by atoms with Gasteiger partial charge in [0.05, 0.1) is 17.6 Å². The summed E-state index contributed by atoms with van der Waals surface area (Å²) in [6.45, 7) is 12.6. The van der Waals surface area contributed by atoms with E-state index >= 15 is 0 Å². The number of benzene rings is 3. The molecule has 0 radical (unpaired) electrons. The second-order valence-corrected chi connectivity index (χ2v) is 12.6. The van der Waals surface area contributed by atoms with Crippen LogP contribution in [0.5, 0.6) is 5.75 Å². The maximum absolute atomic E-state index is 14.0. The van der Waals surface area contributed by atoms with Gasteiger partial charge in [0.2, 0.25) is 0 Å². The molecule has 5 rings (SSSR count). The van der Waals surface area contributed by atoms with Gasteiger partial charge >= 0.3 is 0 Å². The number of anilines is 1. The molecule has 210 valence electrons. The number of nitriles is 1. The van der Waals surface area contributed by atoms with Crippen molar-refractivity contribution in [3.8, 4) is 11.8 Å². The second-order valence-electron chi connectivity index (χ2n) is 12.2. The van der Waals surface area contributed by atoms with E-state index in [-0.39, 0.29) is 11.2 Å². The van der Waals surface area contributed by atoms with Gasteiger partial charge in [-0.2, -0.15) is 5.26 Å². The number of nitrogens with zero attached hydrogens (tertiary/aromatic N) is 2. The summed E-state index contributed by atoms with van der Waals surface area (Å²) in [6, 6.07) is 20.3. The third kappa shape index (κ3) is 5.37. The smallest absolute Gasteiger partial charge is 0.162 e. The average molecular weight is 566 g/mol. The fourth-order valence-electron chi connectivity index (χ4n) is 6.04. The molecule has 41 heavy (non-hydrogen) atoms. The van der Waals surface area contributed by atoms with E-state index in [1.54, 1.807) is 0 Å². The number of carbonyl (C=O) groups is 1. The molecule has 0 amide bonds. The minimum atomic E-state index is -0.561. The Morgan fingerprint density at radius 2 is 1.73 bits per heavy atom. The molecule has 1 aliphatic heterocycles. The quantitative estimate of drug-likeness (QED) is 0.338. The predicted octanol–water partition coefficient (Wildman–Crippen LogP) is 8.09. The van der Waals surface area contributed by atoms with Gasteiger partial charge < -0.3 is 10.5 Å². The zero-order valence-corrected chi connectivity index (χ0v) is 25.3. The van der Waals surface area contributed by atoms with Crippen molar-refractivity contribution in [3.05, 3.63) is 116 Å². The van der Waals surface area contributed by atoms with E-state index in [1.807, 2.05) is 75.1 Å². The number of hydrogen-bond acceptors (Lipinski definition) is 5. The number of nitrogens with two attached hydrogens (primary N) is 1. The predicted molar refractivity (Wildman–Crippen MR) is 165 cm³/mol. The Bertz CT molecular complexity index is 1660. The number of rotatable bonds is 5. The SMILES string of the molecule is Cc1ccc(OCc2cc(C)cc(C3C(C#N)=C(N)N(c4ccc(C)c(Cl)c4)C4=C3C(=O)CC(C)(C)C4)c2C)cc1. The Balaban J connectivity index is 1.67. The first-order valence-electron chi connectivity index (χ1n) is 13.9. The zero-order chi connectivity index (χ0) is 29.6. The Hall–Kier alpha value is -4.01. The Morgan fingerprint density at radius 1 is 1.02 bits per heavy atom. The standard InChI is InChI=1S/C35H36ClN3O2/c1-20-7-11-26(12-8-20)41-19-24-13-21(2)14-27(23(24)4)32-28(18-37)34(38)39(25-10-9-22(3)29(36)15-25)30-16-35(5,6)17-31(40)33(30)32/h7-15,32H,16-17,19,38H2,1-6H3. The summed E-state index contributed by atoms with van der Waals surface area (Å²) in [5, 5.41) is 11.1. The summed E-state index contributed by atoms with van der Waals surface area (Å²) >= 11 is 6.53. The van der Waals surface area contributed by atoms with Crippen LogP contribution in [-0.4, -0.2) is 5.78 Å². The third-order valence-corrected chi connectivity index (χ3v) is 8.63. The molecule has 0 fully saturated rings. The number of aryl methyl sites for hydroxylation is 3. The molecule has 1 heterocycles.